The maximum atomic E-state index is 12.7. The number of rotatable bonds is 12. The molecule has 0 unspecified atom stereocenters. The van der Waals surface area contributed by atoms with Crippen LogP contribution >= 0.6 is 24.0 Å². The van der Waals surface area contributed by atoms with Gasteiger partial charge in [0.15, 0.2) is 45.5 Å². The largest absolute Gasteiger partial charge is 0.494 e. The lowest BCUT2D eigenvalue weighted by atomic mass is 10.1. The molecule has 0 radical (unpaired) electrons. The van der Waals surface area contributed by atoms with Gasteiger partial charge < -0.3 is 77.4 Å². The second-order valence-electron chi connectivity index (χ2n) is 17.3. The first-order valence-corrected chi connectivity index (χ1v) is 24.5. The van der Waals surface area contributed by atoms with Crippen LogP contribution in [0.2, 0.25) is 5.15 Å². The Hall–Kier alpha value is -9.53. The van der Waals surface area contributed by atoms with Gasteiger partial charge in [-0.25, -0.2) is 24.4 Å². The van der Waals surface area contributed by atoms with Gasteiger partial charge in [-0.15, -0.1) is 32.8 Å². The number of ether oxygens (including phenoxy) is 3. The van der Waals surface area contributed by atoms with Crippen LogP contribution in [0.4, 0.5) is 43.0 Å². The molecule has 31 nitrogen and oxygen atoms in total. The summed E-state index contributed by atoms with van der Waals surface area (Å²) in [5.41, 5.74) is 11.3. The molecule has 0 bridgehead atoms. The van der Waals surface area contributed by atoms with Crippen molar-refractivity contribution in [2.24, 2.45) is 25.6 Å². The molecular weight excluding hydrogens is 1130 g/mol. The topological polar surface area (TPSA) is 417 Å². The molecule has 3 aliphatic rings. The predicted molar refractivity (Wildman–Crippen MR) is 305 cm³/mol. The lowest BCUT2D eigenvalue weighted by Gasteiger charge is -2.35. The van der Waals surface area contributed by atoms with Crippen molar-refractivity contribution in [3.8, 4) is 40.0 Å². The molecule has 0 spiro atoms. The third-order valence-corrected chi connectivity index (χ3v) is 11.3. The Balaban J connectivity index is 0.000000238. The second kappa shape index (κ2) is 30.9. The van der Waals surface area contributed by atoms with Gasteiger partial charge in [0, 0.05) is 61.5 Å². The zero-order valence-corrected chi connectivity index (χ0v) is 46.1. The molecular formula is C50H62Cl2N20O11. The molecule has 0 aliphatic carbocycles. The first-order valence-electron chi connectivity index (χ1n) is 27.1. The molecule has 7 amide bonds. The number of amides is 7. The molecule has 4 aromatic heterocycles. The lowest BCUT2D eigenvalue weighted by molar-refractivity contribution is 0.0294. The second-order valence-corrected chi connectivity index (χ2v) is 17.7. The number of aliphatic hydroxyl groups is 3. The van der Waals surface area contributed by atoms with Crippen molar-refractivity contribution in [3.05, 3.63) is 108 Å². The average Bonchev–Trinajstić information content (AvgIpc) is 1.92. The third kappa shape index (κ3) is 18.2. The first-order chi connectivity index (χ1) is 41.6. The molecule has 13 N–H and O–H groups in total. The summed E-state index contributed by atoms with van der Waals surface area (Å²) in [7, 11) is 6.39. The number of urea groups is 2. The van der Waals surface area contributed by atoms with E-state index in [1.165, 1.54) is 47.2 Å². The van der Waals surface area contributed by atoms with Crippen LogP contribution in [0.3, 0.4) is 0 Å². The fourth-order valence-corrected chi connectivity index (χ4v) is 7.21. The summed E-state index contributed by atoms with van der Waals surface area (Å²) in [5.74, 6) is 0.131. The maximum Gasteiger partial charge on any atom is 0.409 e. The van der Waals surface area contributed by atoms with Crippen molar-refractivity contribution < 1.29 is 61.7 Å². The van der Waals surface area contributed by atoms with Crippen LogP contribution in [0.5, 0.6) is 17.2 Å². The van der Waals surface area contributed by atoms with E-state index in [-0.39, 0.29) is 71.4 Å². The number of nitrogens with zero attached hydrogens (tertiary/aromatic N) is 12. The Bertz CT molecular complexity index is 3540. The third-order valence-electron chi connectivity index (χ3n) is 11.2. The summed E-state index contributed by atoms with van der Waals surface area (Å²) < 4.78 is 62.3. The number of aromatic nitrogens is 10. The number of halogens is 2. The van der Waals surface area contributed by atoms with E-state index < -0.39 is 50.0 Å². The lowest BCUT2D eigenvalue weighted by Crippen LogP contribution is -2.55. The highest BCUT2D eigenvalue weighted by Crippen LogP contribution is 2.38. The predicted octanol–water partition coefficient (Wildman–Crippen LogP) is 1.89. The highest BCUT2D eigenvalue weighted by molar-refractivity contribution is 6.29. The molecule has 0 saturated carbocycles. The van der Waals surface area contributed by atoms with Gasteiger partial charge in [0.2, 0.25) is 0 Å². The Morgan fingerprint density at radius 1 is 0.663 bits per heavy atom. The number of para-hydroxylation sites is 3. The summed E-state index contributed by atoms with van der Waals surface area (Å²) in [6.45, 7) is -2.71. The van der Waals surface area contributed by atoms with Crippen molar-refractivity contribution in [2.45, 2.75) is 18.3 Å². The number of aliphatic hydroxyl groups excluding tert-OH is 3. The zero-order chi connectivity index (χ0) is 64.5. The number of anilines is 5. The molecule has 3 aromatic carbocycles. The van der Waals surface area contributed by atoms with Gasteiger partial charge in [0.1, 0.15) is 18.4 Å². The Morgan fingerprint density at radius 3 is 1.54 bits per heavy atom. The molecule has 10 rings (SSSR count). The van der Waals surface area contributed by atoms with Crippen LogP contribution < -0.4 is 57.6 Å². The normalized spacial score (nSPS) is 14.5. The van der Waals surface area contributed by atoms with Crippen LogP contribution in [0.25, 0.3) is 22.8 Å². The molecule has 3 aliphatic heterocycles. The highest BCUT2D eigenvalue weighted by atomic mass is 35.5. The minimum Gasteiger partial charge on any atom is -0.494 e. The van der Waals surface area contributed by atoms with E-state index >= 15 is 0 Å². The van der Waals surface area contributed by atoms with E-state index in [2.05, 4.69) is 66.6 Å². The Morgan fingerprint density at radius 2 is 1.14 bits per heavy atom. The number of methoxy groups -OCH3 is 2. The summed E-state index contributed by atoms with van der Waals surface area (Å²) in [4.78, 5) is 68.9. The summed E-state index contributed by atoms with van der Waals surface area (Å²) >= 11 is 5.91. The number of nitrogens with two attached hydrogens (primary N) is 2. The quantitative estimate of drug-likeness (QED) is 0.0832. The van der Waals surface area contributed by atoms with Crippen LogP contribution in [0.15, 0.2) is 91.5 Å². The smallest absolute Gasteiger partial charge is 0.409 e. The van der Waals surface area contributed by atoms with Crippen molar-refractivity contribution in [1.82, 2.24) is 75.7 Å². The zero-order valence-electron chi connectivity index (χ0n) is 50.6. The summed E-state index contributed by atoms with van der Waals surface area (Å²) in [6.07, 6.45) is 1.33. The van der Waals surface area contributed by atoms with E-state index in [9.17, 15) is 29.1 Å². The SMILES string of the molecule is Cl.NC(=O)N1CC(O)C1.NC(=O)Oc1ccccc1.OC1CNC1.[2H]C([2H])([2H])NC(=O)c1nnc(Cl)cc1Nc1cccc(-c2ncn(C)n2)c1OC.[2H]C([2H])([2H])NC(=O)c1nnc(NC(=O)N2CC(O)C2)cc1Nc1cccc(-c2ncn(C)n2)c1OC. The number of nitrogens with one attached hydrogen (secondary N) is 6. The highest BCUT2D eigenvalue weighted by Gasteiger charge is 2.30. The number of β-amino-alcohol motifs (C(OH)–C–C–N with tert-alkyl or cyclic N) is 3. The molecule has 7 heterocycles. The number of carbonyl (C=O) groups excluding carboxylic acids is 5. The van der Waals surface area contributed by atoms with Gasteiger partial charge in [0.05, 0.1) is 92.6 Å². The van der Waals surface area contributed by atoms with E-state index in [4.69, 9.17) is 51.0 Å². The van der Waals surface area contributed by atoms with Crippen molar-refractivity contribution in [3.63, 3.8) is 0 Å². The van der Waals surface area contributed by atoms with Gasteiger partial charge in [-0.1, -0.05) is 41.9 Å². The minimum absolute atomic E-state index is 0. The first kappa shape index (κ1) is 55.4. The van der Waals surface area contributed by atoms with Gasteiger partial charge in [0.25, 0.3) is 11.8 Å². The van der Waals surface area contributed by atoms with E-state index in [1.54, 1.807) is 85.8 Å². The fourth-order valence-electron chi connectivity index (χ4n) is 7.07. The monoisotopic (exact) mass is 1190 g/mol. The number of likely N-dealkylation sites (tertiary alicyclic amines) is 2. The summed E-state index contributed by atoms with van der Waals surface area (Å²) in [5, 5.41) is 65.2. The van der Waals surface area contributed by atoms with Crippen molar-refractivity contribution >= 4 is 82.5 Å². The molecule has 7 aromatic rings. The molecule has 3 fully saturated rings. The minimum atomic E-state index is -2.76. The maximum absolute atomic E-state index is 12.7. The number of primary amides is 2. The number of hydrogen-bond acceptors (Lipinski definition) is 22. The van der Waals surface area contributed by atoms with Gasteiger partial charge in [-0.3, -0.25) is 24.3 Å². The van der Waals surface area contributed by atoms with Crippen LogP contribution in [0.1, 0.15) is 29.2 Å². The molecule has 33 heteroatoms. The average molecular weight is 1200 g/mol. The Labute approximate surface area is 493 Å². The van der Waals surface area contributed by atoms with Crippen LogP contribution in [-0.2, 0) is 14.1 Å². The molecule has 0 atom stereocenters. The van der Waals surface area contributed by atoms with Gasteiger partial charge >= 0.3 is 18.2 Å². The van der Waals surface area contributed by atoms with E-state index in [1.807, 2.05) is 16.7 Å². The number of carbonyl (C=O) groups is 5. The Kier molecular flexibility index (Phi) is 20.6. The van der Waals surface area contributed by atoms with Crippen molar-refractivity contribution in [2.75, 3.05) is 83.4 Å². The van der Waals surface area contributed by atoms with Gasteiger partial charge in [-0.05, 0) is 36.4 Å². The van der Waals surface area contributed by atoms with Crippen molar-refractivity contribution in [1.29, 1.82) is 0 Å². The molecule has 442 valence electrons. The number of hydrogen-bond donors (Lipinski definition) is 11. The van der Waals surface area contributed by atoms with E-state index in [0.29, 0.717) is 64.5 Å². The van der Waals surface area contributed by atoms with Crippen LogP contribution in [-0.4, -0.2) is 191 Å². The molecule has 83 heavy (non-hydrogen) atoms. The number of benzene rings is 3. The summed E-state index contributed by atoms with van der Waals surface area (Å²) in [6, 6.07) is 20.7. The van der Waals surface area contributed by atoms with Gasteiger partial charge in [-0.2, -0.15) is 10.2 Å². The van der Waals surface area contributed by atoms with Crippen LogP contribution in [0, 0.1) is 0 Å². The number of aryl methyl sites for hydroxylation is 2. The molecule has 3 saturated heterocycles. The standard InChI is InChI=1S/C20H23N9O4.C16H16ClN7O2.C7H7NO2.C4H8N2O2.C3H7NO.ClH/c1-21-19(31)16-14(7-15(25-26-16)24-20(32)29-8-11(30)9-29)23-13-6-4-5-12(17(13)33-3)18-22-10-28(2)27-18;1-18-16(25)13-11(7-12(17)21-22-13)20-10-6-4-5-9(14(10)26-3)15-19-8-24(2)23-15;8-7(9)10-6-4-2-1-3-5-6;5-4(8)6-1-3(7)2-6;5-3-1-4-2-3;/h4-7,10-11,30H,8-9H2,1-3H3,(H,21,31)(H2,23,24,25,32);4-8H,1-3H3,(H,18,25)(H,20,21);1-5H,(H2,8,9);3,7H,1-2H2,(H2,5,8);3-5H,1-2H2;1H/i2*1D3;;;;. The van der Waals surface area contributed by atoms with E-state index in [0.717, 1.165) is 13.1 Å². The fraction of sp³-hybridized carbons (Fsp3) is 0.300.